The molecule has 70 valence electrons. The minimum Gasteiger partial charge on any atom is -0.464 e. The Balaban J connectivity index is 3.63. The average molecular weight is 174 g/mol. The Morgan fingerprint density at radius 3 is 3.00 bits per heavy atom. The van der Waals surface area contributed by atoms with Crippen LogP contribution in [0.15, 0.2) is 0 Å². The van der Waals surface area contributed by atoms with Crippen LogP contribution in [0.3, 0.4) is 0 Å². The monoisotopic (exact) mass is 174 g/mol. The van der Waals surface area contributed by atoms with Crippen molar-refractivity contribution in [1.29, 1.82) is 0 Å². The normalized spacial score (nSPS) is 13.0. The van der Waals surface area contributed by atoms with Crippen molar-refractivity contribution in [2.24, 2.45) is 0 Å². The highest BCUT2D eigenvalue weighted by Crippen LogP contribution is 1.91. The second-order valence-corrected chi connectivity index (χ2v) is 2.49. The van der Waals surface area contributed by atoms with Crippen LogP contribution in [0.4, 0.5) is 0 Å². The summed E-state index contributed by atoms with van der Waals surface area (Å²) in [5.41, 5.74) is 0. The number of ether oxygens (including phenoxy) is 1. The van der Waals surface area contributed by atoms with E-state index in [1.54, 1.807) is 0 Å². The number of amides is 1. The van der Waals surface area contributed by atoms with Crippen LogP contribution in [-0.4, -0.2) is 25.0 Å². The van der Waals surface area contributed by atoms with Gasteiger partial charge in [-0.1, -0.05) is 13.3 Å². The Morgan fingerprint density at radius 2 is 2.50 bits per heavy atom. The molecule has 0 aliphatic carbocycles. The molecule has 0 unspecified atom stereocenters. The smallest absolute Gasteiger partial charge is 0.328 e. The van der Waals surface area contributed by atoms with E-state index in [2.05, 4.69) is 5.32 Å². The molecule has 0 aromatic heterocycles. The summed E-state index contributed by atoms with van der Waals surface area (Å²) in [4.78, 5) is 21.3. The lowest BCUT2D eigenvalue weighted by Gasteiger charge is -2.09. The van der Waals surface area contributed by atoms with Gasteiger partial charge in [0.15, 0.2) is 0 Å². The molecule has 0 fully saturated rings. The minimum absolute atomic E-state index is 0.369. The van der Waals surface area contributed by atoms with E-state index in [9.17, 15) is 9.59 Å². The van der Waals surface area contributed by atoms with Gasteiger partial charge in [-0.15, -0.1) is 0 Å². The highest BCUT2D eigenvalue weighted by Gasteiger charge is 2.11. The molecule has 0 saturated heterocycles. The highest BCUT2D eigenvalue weighted by molar-refractivity contribution is 5.77. The van der Waals surface area contributed by atoms with Crippen molar-refractivity contribution >= 4 is 12.4 Å². The third kappa shape index (κ3) is 4.71. The molecule has 0 aromatic rings. The number of hydrogen-bond donors (Lipinski definition) is 1. The summed E-state index contributed by atoms with van der Waals surface area (Å²) in [6.07, 6.45) is 0.791. The molecule has 0 saturated carbocycles. The van der Waals surface area contributed by atoms with Gasteiger partial charge in [0.25, 0.3) is 0 Å². The lowest BCUT2D eigenvalue weighted by Crippen LogP contribution is -2.34. The van der Waals surface area contributed by atoms with Crippen LogP contribution in [0.25, 0.3) is 0 Å². The third-order valence-corrected chi connectivity index (χ3v) is 1.37. The Hall–Kier alpha value is -1.06. The maximum absolute atomic E-state index is 11.0. The van der Waals surface area contributed by atoms with E-state index < -0.39 is 18.4 Å². The summed E-state index contributed by atoms with van der Waals surface area (Å²) in [6.45, 7) is 3.84. The first kappa shape index (κ1) is 9.03. The van der Waals surface area contributed by atoms with Gasteiger partial charge < -0.3 is 10.1 Å². The number of rotatable bonds is 5. The number of nitrogens with one attached hydrogen (secondary N) is 1. The lowest BCUT2D eigenvalue weighted by molar-refractivity contribution is -0.146. The predicted molar refractivity (Wildman–Crippen MR) is 44.5 cm³/mol. The Bertz CT molecular complexity index is 184. The molecule has 0 aliphatic heterocycles. The molecular weight excluding hydrogens is 158 g/mol. The van der Waals surface area contributed by atoms with E-state index in [1.165, 1.54) is 6.92 Å². The number of carbonyl (C=O) groups is 2. The van der Waals surface area contributed by atoms with Gasteiger partial charge in [0.1, 0.15) is 7.41 Å². The first-order chi connectivity index (χ1) is 6.07. The Kier molecular flexibility index (Phi) is 5.00. The summed E-state index contributed by atoms with van der Waals surface area (Å²) >= 11 is 0. The van der Waals surface area contributed by atoms with Crippen LogP contribution >= 0.6 is 0 Å². The minimum atomic E-state index is -0.972. The molecule has 1 N–H and O–H groups in total. The van der Waals surface area contributed by atoms with Gasteiger partial charge in [0.2, 0.25) is 6.39 Å². The molecule has 0 radical (unpaired) electrons. The van der Waals surface area contributed by atoms with Crippen molar-refractivity contribution in [3.63, 3.8) is 0 Å². The van der Waals surface area contributed by atoms with Gasteiger partial charge in [0.05, 0.1) is 6.61 Å². The van der Waals surface area contributed by atoms with Crippen LogP contribution in [0.1, 0.15) is 28.1 Å². The van der Waals surface area contributed by atoms with Crippen LogP contribution in [0, 0.1) is 0 Å². The lowest BCUT2D eigenvalue weighted by atomic mass is 10.3. The van der Waals surface area contributed by atoms with Crippen LogP contribution < -0.4 is 5.32 Å². The average Bonchev–Trinajstić information content (AvgIpc) is 2.03. The summed E-state index contributed by atoms with van der Waals surface area (Å²) < 4.78 is 11.4. The van der Waals surface area contributed by atoms with E-state index in [-0.39, 0.29) is 0 Å². The molecule has 12 heavy (non-hydrogen) atoms. The molecule has 0 aromatic carbocycles. The third-order valence-electron chi connectivity index (χ3n) is 1.37. The van der Waals surface area contributed by atoms with Crippen LogP contribution in [0.2, 0.25) is 0 Å². The number of esters is 1. The zero-order valence-corrected chi connectivity index (χ0v) is 7.42. The SMILES string of the molecule is [2H]C(=O)N[C@@H](C)C(=O)OCCCC. The van der Waals surface area contributed by atoms with E-state index in [4.69, 9.17) is 6.11 Å². The quantitative estimate of drug-likeness (QED) is 0.374. The van der Waals surface area contributed by atoms with Gasteiger partial charge in [-0.3, -0.25) is 4.79 Å². The largest absolute Gasteiger partial charge is 0.464 e. The zero-order chi connectivity index (χ0) is 10.3. The van der Waals surface area contributed by atoms with Crippen molar-refractivity contribution < 1.29 is 15.7 Å². The van der Waals surface area contributed by atoms with Gasteiger partial charge in [0, 0.05) is 0 Å². The fourth-order valence-corrected chi connectivity index (χ4v) is 0.589. The molecule has 0 spiro atoms. The van der Waals surface area contributed by atoms with Crippen LogP contribution in [-0.2, 0) is 14.3 Å². The van der Waals surface area contributed by atoms with Crippen molar-refractivity contribution in [2.45, 2.75) is 32.7 Å². The van der Waals surface area contributed by atoms with Crippen molar-refractivity contribution in [3.8, 4) is 0 Å². The fourth-order valence-electron chi connectivity index (χ4n) is 0.589. The summed E-state index contributed by atoms with van der Waals surface area (Å²) in [6, 6.07) is -0.734. The molecule has 0 aliphatic rings. The van der Waals surface area contributed by atoms with Crippen molar-refractivity contribution in [2.75, 3.05) is 6.61 Å². The topological polar surface area (TPSA) is 55.4 Å². The molecule has 0 rings (SSSR count). The van der Waals surface area contributed by atoms with Gasteiger partial charge in [-0.25, -0.2) is 4.79 Å². The van der Waals surface area contributed by atoms with Gasteiger partial charge in [-0.2, -0.15) is 0 Å². The highest BCUT2D eigenvalue weighted by atomic mass is 16.5. The Morgan fingerprint density at radius 1 is 1.83 bits per heavy atom. The maximum atomic E-state index is 11.0. The standard InChI is InChI=1S/C8H15NO3/c1-3-4-5-12-8(11)7(2)9-6-10/h6-7H,3-5H2,1-2H3,(H,9,10)/t7-/m0/s1/i6D. The maximum Gasteiger partial charge on any atom is 0.328 e. The van der Waals surface area contributed by atoms with Gasteiger partial charge >= 0.3 is 5.97 Å². The Labute approximate surface area is 73.7 Å². The van der Waals surface area contributed by atoms with E-state index in [0.29, 0.717) is 6.61 Å². The predicted octanol–water partition coefficient (Wildman–Crippen LogP) is 0.464. The van der Waals surface area contributed by atoms with Crippen LogP contribution in [0.5, 0.6) is 0 Å². The molecule has 4 nitrogen and oxygen atoms in total. The molecule has 0 heterocycles. The molecule has 1 atom stereocenters. The molecule has 1 amide bonds. The molecular formula is C8H15NO3. The fraction of sp³-hybridized carbons (Fsp3) is 0.750. The summed E-state index contributed by atoms with van der Waals surface area (Å²) in [7, 11) is 0. The first-order valence-corrected chi connectivity index (χ1v) is 4.01. The number of carbonyl (C=O) groups excluding carboxylic acids is 2. The van der Waals surface area contributed by atoms with Crippen molar-refractivity contribution in [1.82, 2.24) is 5.32 Å². The second kappa shape index (κ2) is 6.64. The van der Waals surface area contributed by atoms with Crippen molar-refractivity contribution in [3.05, 3.63) is 0 Å². The second-order valence-electron chi connectivity index (χ2n) is 2.49. The van der Waals surface area contributed by atoms with Gasteiger partial charge in [-0.05, 0) is 13.3 Å². The van der Waals surface area contributed by atoms with E-state index in [0.717, 1.165) is 12.8 Å². The summed E-state index contributed by atoms with van der Waals surface area (Å²) in [5, 5.41) is 2.12. The molecule has 4 heteroatoms. The molecule has 0 bridgehead atoms. The van der Waals surface area contributed by atoms with E-state index in [1.807, 2.05) is 6.92 Å². The first-order valence-electron chi connectivity index (χ1n) is 4.51. The summed E-state index contributed by atoms with van der Waals surface area (Å²) in [5.74, 6) is -0.492. The number of hydrogen-bond acceptors (Lipinski definition) is 3. The zero-order valence-electron chi connectivity index (χ0n) is 8.42. The number of unbranched alkanes of at least 4 members (excludes halogenated alkanes) is 1. The van der Waals surface area contributed by atoms with E-state index >= 15 is 0 Å².